The van der Waals surface area contributed by atoms with Gasteiger partial charge in [-0.3, -0.25) is 4.90 Å². The summed E-state index contributed by atoms with van der Waals surface area (Å²) < 4.78 is 0. The number of likely N-dealkylation sites (N-methyl/N-ethyl adjacent to an activating group) is 1. The standard InChI is InChI=1S/C8H12N2/c1-3-6-10(2)8(7-9)4-5-8/h3H,1,4-6H2,2H3. The largest absolute Gasteiger partial charge is 0.285 e. The van der Waals surface area contributed by atoms with Crippen LogP contribution in [0.15, 0.2) is 12.7 Å². The molecule has 0 aromatic heterocycles. The van der Waals surface area contributed by atoms with Crippen molar-refractivity contribution < 1.29 is 0 Å². The van der Waals surface area contributed by atoms with E-state index in [0.29, 0.717) is 0 Å². The molecule has 1 saturated carbocycles. The van der Waals surface area contributed by atoms with Gasteiger partial charge in [0.25, 0.3) is 0 Å². The van der Waals surface area contributed by atoms with Crippen molar-refractivity contribution in [3.8, 4) is 6.07 Å². The quantitative estimate of drug-likeness (QED) is 0.544. The van der Waals surface area contributed by atoms with Crippen LogP contribution in [-0.2, 0) is 0 Å². The van der Waals surface area contributed by atoms with Gasteiger partial charge in [0.2, 0.25) is 0 Å². The average molecular weight is 136 g/mol. The van der Waals surface area contributed by atoms with Crippen molar-refractivity contribution in [3.63, 3.8) is 0 Å². The SMILES string of the molecule is C=CCN(C)C1(C#N)CC1. The van der Waals surface area contributed by atoms with Crippen LogP contribution >= 0.6 is 0 Å². The Morgan fingerprint density at radius 2 is 2.40 bits per heavy atom. The first-order valence-electron chi connectivity index (χ1n) is 3.48. The summed E-state index contributed by atoms with van der Waals surface area (Å²) in [5.74, 6) is 0. The maximum absolute atomic E-state index is 8.73. The molecule has 0 aromatic rings. The van der Waals surface area contributed by atoms with Crippen LogP contribution in [0.3, 0.4) is 0 Å². The second kappa shape index (κ2) is 2.43. The monoisotopic (exact) mass is 136 g/mol. The molecule has 1 fully saturated rings. The van der Waals surface area contributed by atoms with Crippen molar-refractivity contribution in [1.82, 2.24) is 4.90 Å². The van der Waals surface area contributed by atoms with E-state index in [1.807, 2.05) is 13.1 Å². The molecule has 2 nitrogen and oxygen atoms in total. The summed E-state index contributed by atoms with van der Waals surface area (Å²) in [5.41, 5.74) is -0.131. The first kappa shape index (κ1) is 7.30. The van der Waals surface area contributed by atoms with Gasteiger partial charge in [0.1, 0.15) is 5.54 Å². The molecule has 0 aliphatic heterocycles. The molecule has 0 radical (unpaired) electrons. The number of hydrogen-bond donors (Lipinski definition) is 0. The summed E-state index contributed by atoms with van der Waals surface area (Å²) in [4.78, 5) is 2.06. The normalized spacial score (nSPS) is 20.1. The van der Waals surface area contributed by atoms with Crippen molar-refractivity contribution in [2.45, 2.75) is 18.4 Å². The molecular formula is C8H12N2. The second-order valence-corrected chi connectivity index (χ2v) is 2.81. The predicted octanol–water partition coefficient (Wildman–Crippen LogP) is 1.16. The van der Waals surface area contributed by atoms with E-state index in [1.165, 1.54) is 0 Å². The lowest BCUT2D eigenvalue weighted by molar-refractivity contribution is 0.300. The fraction of sp³-hybridized carbons (Fsp3) is 0.625. The van der Waals surface area contributed by atoms with Gasteiger partial charge in [-0.1, -0.05) is 6.08 Å². The Morgan fingerprint density at radius 1 is 1.80 bits per heavy atom. The van der Waals surface area contributed by atoms with Crippen LogP contribution in [0.1, 0.15) is 12.8 Å². The highest BCUT2D eigenvalue weighted by atomic mass is 15.2. The molecule has 2 heteroatoms. The Kier molecular flexibility index (Phi) is 1.78. The molecule has 0 spiro atoms. The summed E-state index contributed by atoms with van der Waals surface area (Å²) in [6.07, 6.45) is 3.87. The Morgan fingerprint density at radius 3 is 2.70 bits per heavy atom. The maximum Gasteiger partial charge on any atom is 0.109 e. The van der Waals surface area contributed by atoms with Gasteiger partial charge in [-0.25, -0.2) is 0 Å². The van der Waals surface area contributed by atoms with Crippen LogP contribution in [0.4, 0.5) is 0 Å². The molecule has 1 aliphatic rings. The van der Waals surface area contributed by atoms with E-state index in [2.05, 4.69) is 17.5 Å². The van der Waals surface area contributed by atoms with Gasteiger partial charge >= 0.3 is 0 Å². The third-order valence-corrected chi connectivity index (χ3v) is 2.07. The minimum atomic E-state index is -0.131. The minimum Gasteiger partial charge on any atom is -0.285 e. The Balaban J connectivity index is 2.49. The number of nitrogens with zero attached hydrogens (tertiary/aromatic N) is 2. The molecule has 1 aliphatic carbocycles. The van der Waals surface area contributed by atoms with Crippen molar-refractivity contribution >= 4 is 0 Å². The zero-order valence-electron chi connectivity index (χ0n) is 6.30. The van der Waals surface area contributed by atoms with Crippen LogP contribution < -0.4 is 0 Å². The first-order valence-corrected chi connectivity index (χ1v) is 3.48. The van der Waals surface area contributed by atoms with Crippen molar-refractivity contribution in [2.24, 2.45) is 0 Å². The highest BCUT2D eigenvalue weighted by Gasteiger charge is 2.46. The Hall–Kier alpha value is -0.810. The van der Waals surface area contributed by atoms with Gasteiger partial charge in [-0.15, -0.1) is 6.58 Å². The molecule has 0 atom stereocenters. The van der Waals surface area contributed by atoms with Crippen molar-refractivity contribution in [2.75, 3.05) is 13.6 Å². The molecule has 0 unspecified atom stereocenters. The number of rotatable bonds is 3. The summed E-state index contributed by atoms with van der Waals surface area (Å²) in [6.45, 7) is 4.44. The lowest BCUT2D eigenvalue weighted by atomic mass is 10.2. The summed E-state index contributed by atoms with van der Waals surface area (Å²) in [7, 11) is 1.97. The van der Waals surface area contributed by atoms with Crippen molar-refractivity contribution in [1.29, 1.82) is 5.26 Å². The fourth-order valence-corrected chi connectivity index (χ4v) is 1.07. The number of nitriles is 1. The van der Waals surface area contributed by atoms with E-state index < -0.39 is 0 Å². The minimum absolute atomic E-state index is 0.131. The van der Waals surface area contributed by atoms with E-state index in [9.17, 15) is 0 Å². The van der Waals surface area contributed by atoms with E-state index in [0.717, 1.165) is 19.4 Å². The molecule has 54 valence electrons. The van der Waals surface area contributed by atoms with Gasteiger partial charge in [0.05, 0.1) is 6.07 Å². The Labute approximate surface area is 61.8 Å². The van der Waals surface area contributed by atoms with E-state index >= 15 is 0 Å². The van der Waals surface area contributed by atoms with Crippen LogP contribution in [0.2, 0.25) is 0 Å². The second-order valence-electron chi connectivity index (χ2n) is 2.81. The highest BCUT2D eigenvalue weighted by Crippen LogP contribution is 2.39. The molecule has 1 rings (SSSR count). The van der Waals surface area contributed by atoms with E-state index in [1.54, 1.807) is 0 Å². The molecule has 0 bridgehead atoms. The highest BCUT2D eigenvalue weighted by molar-refractivity contribution is 5.19. The number of hydrogen-bond acceptors (Lipinski definition) is 2. The van der Waals surface area contributed by atoms with Gasteiger partial charge in [-0.2, -0.15) is 5.26 Å². The van der Waals surface area contributed by atoms with Crippen LogP contribution in [0, 0.1) is 11.3 Å². The third kappa shape index (κ3) is 1.05. The molecule has 0 aromatic carbocycles. The Bertz CT molecular complexity index is 174. The fourth-order valence-electron chi connectivity index (χ4n) is 1.07. The van der Waals surface area contributed by atoms with Crippen LogP contribution in [-0.4, -0.2) is 24.0 Å². The van der Waals surface area contributed by atoms with Crippen molar-refractivity contribution in [3.05, 3.63) is 12.7 Å². The third-order valence-electron chi connectivity index (χ3n) is 2.07. The molecule has 0 amide bonds. The summed E-state index contributed by atoms with van der Waals surface area (Å²) in [5, 5.41) is 8.73. The summed E-state index contributed by atoms with van der Waals surface area (Å²) >= 11 is 0. The van der Waals surface area contributed by atoms with E-state index in [-0.39, 0.29) is 5.54 Å². The maximum atomic E-state index is 8.73. The van der Waals surface area contributed by atoms with E-state index in [4.69, 9.17) is 5.26 Å². The molecule has 10 heavy (non-hydrogen) atoms. The molecule has 0 N–H and O–H groups in total. The first-order chi connectivity index (χ1) is 4.75. The van der Waals surface area contributed by atoms with Crippen LogP contribution in [0.5, 0.6) is 0 Å². The van der Waals surface area contributed by atoms with Gasteiger partial charge in [0, 0.05) is 6.54 Å². The molecule has 0 heterocycles. The smallest absolute Gasteiger partial charge is 0.109 e. The van der Waals surface area contributed by atoms with Gasteiger partial charge < -0.3 is 0 Å². The average Bonchev–Trinajstić information content (AvgIpc) is 2.68. The topological polar surface area (TPSA) is 27.0 Å². The predicted molar refractivity (Wildman–Crippen MR) is 40.4 cm³/mol. The zero-order valence-corrected chi connectivity index (χ0v) is 6.30. The van der Waals surface area contributed by atoms with Crippen LogP contribution in [0.25, 0.3) is 0 Å². The lowest BCUT2D eigenvalue weighted by Crippen LogP contribution is -2.32. The van der Waals surface area contributed by atoms with Gasteiger partial charge in [0.15, 0.2) is 0 Å². The lowest BCUT2D eigenvalue weighted by Gasteiger charge is -2.18. The molecule has 0 saturated heterocycles. The molecular weight excluding hydrogens is 124 g/mol. The summed E-state index contributed by atoms with van der Waals surface area (Å²) in [6, 6.07) is 2.32. The van der Waals surface area contributed by atoms with Gasteiger partial charge in [-0.05, 0) is 19.9 Å². The zero-order chi connectivity index (χ0) is 7.61.